The van der Waals surface area contributed by atoms with Crippen LogP contribution in [-0.4, -0.2) is 50.3 Å². The lowest BCUT2D eigenvalue weighted by Crippen LogP contribution is -2.45. The van der Waals surface area contributed by atoms with Crippen LogP contribution in [0.1, 0.15) is 29.2 Å². The van der Waals surface area contributed by atoms with Crippen molar-refractivity contribution in [3.05, 3.63) is 59.2 Å². The van der Waals surface area contributed by atoms with Crippen molar-refractivity contribution in [2.45, 2.75) is 30.8 Å². The van der Waals surface area contributed by atoms with E-state index in [0.29, 0.717) is 19.1 Å². The largest absolute Gasteiger partial charge is 0.493 e. The van der Waals surface area contributed by atoms with Gasteiger partial charge in [0.1, 0.15) is 5.75 Å². The molecule has 1 heterocycles. The fraction of sp³-hybridized carbons (Fsp3) is 0.391. The number of benzene rings is 2. The molecule has 31 heavy (non-hydrogen) atoms. The van der Waals surface area contributed by atoms with Crippen LogP contribution in [0.5, 0.6) is 5.75 Å². The molecule has 2 N–H and O–H groups in total. The highest BCUT2D eigenvalue weighted by atomic mass is 127. The number of carbonyl (C=O) groups is 1. The second-order valence-electron chi connectivity index (χ2n) is 7.49. The summed E-state index contributed by atoms with van der Waals surface area (Å²) in [6.07, 6.45) is 2.91. The Morgan fingerprint density at radius 2 is 2.03 bits per heavy atom. The maximum atomic E-state index is 12.1. The van der Waals surface area contributed by atoms with Gasteiger partial charge in [-0.2, -0.15) is 0 Å². The molecule has 3 rings (SSSR count). The number of carbonyl (C=O) groups excluding carboxylic acids is 1. The zero-order valence-corrected chi connectivity index (χ0v) is 21.6. The summed E-state index contributed by atoms with van der Waals surface area (Å²) in [7, 11) is 3.50. The van der Waals surface area contributed by atoms with Gasteiger partial charge in [-0.1, -0.05) is 30.3 Å². The van der Waals surface area contributed by atoms with Crippen LogP contribution in [0.4, 0.5) is 0 Å². The predicted molar refractivity (Wildman–Crippen MR) is 139 cm³/mol. The number of thioether (sulfide) groups is 1. The fourth-order valence-electron chi connectivity index (χ4n) is 3.27. The molecule has 1 amide bonds. The molecule has 0 saturated heterocycles. The van der Waals surface area contributed by atoms with E-state index in [1.165, 1.54) is 16.0 Å². The molecular formula is C23H31IN4O2S. The number of aryl methyl sites for hydroxylation is 1. The first kappa shape index (κ1) is 25.3. The number of ether oxygens (including phenoxy) is 1. The number of fused-ring (bicyclic) bond motifs is 1. The molecule has 0 aromatic heterocycles. The van der Waals surface area contributed by atoms with Crippen LogP contribution in [-0.2, 0) is 11.3 Å². The van der Waals surface area contributed by atoms with Crippen molar-refractivity contribution >= 4 is 47.6 Å². The van der Waals surface area contributed by atoms with Gasteiger partial charge in [0, 0.05) is 31.0 Å². The molecule has 0 radical (unpaired) electrons. The van der Waals surface area contributed by atoms with Gasteiger partial charge in [-0.05, 0) is 36.4 Å². The number of nitrogens with one attached hydrogen (secondary N) is 2. The number of nitrogens with zero attached hydrogens (tertiary/aromatic N) is 2. The molecular weight excluding hydrogens is 523 g/mol. The Labute approximate surface area is 206 Å². The molecule has 1 unspecified atom stereocenters. The first-order chi connectivity index (χ1) is 14.5. The van der Waals surface area contributed by atoms with Crippen LogP contribution in [0, 0.1) is 6.92 Å². The van der Waals surface area contributed by atoms with Crippen LogP contribution >= 0.6 is 35.7 Å². The Morgan fingerprint density at radius 1 is 1.26 bits per heavy atom. The van der Waals surface area contributed by atoms with E-state index >= 15 is 0 Å². The minimum absolute atomic E-state index is 0. The van der Waals surface area contributed by atoms with Crippen molar-refractivity contribution in [2.24, 2.45) is 4.99 Å². The third-order valence-corrected chi connectivity index (χ3v) is 5.85. The van der Waals surface area contributed by atoms with Crippen molar-refractivity contribution in [3.63, 3.8) is 0 Å². The Balaban J connectivity index is 0.00000341. The van der Waals surface area contributed by atoms with Crippen molar-refractivity contribution in [1.82, 2.24) is 15.5 Å². The Morgan fingerprint density at radius 3 is 2.77 bits per heavy atom. The number of guanidine groups is 1. The summed E-state index contributed by atoms with van der Waals surface area (Å²) in [6, 6.07) is 14.5. The highest BCUT2D eigenvalue weighted by molar-refractivity contribution is 14.0. The molecule has 1 atom stereocenters. The van der Waals surface area contributed by atoms with E-state index < -0.39 is 0 Å². The SMILES string of the molecule is CSc1cc(C)ccc1CN=C(NCC(=O)N(C)C)NC1CCOc2ccccc21.I. The lowest BCUT2D eigenvalue weighted by Gasteiger charge is -2.28. The van der Waals surface area contributed by atoms with E-state index in [4.69, 9.17) is 9.73 Å². The van der Waals surface area contributed by atoms with E-state index in [1.54, 1.807) is 30.8 Å². The Hall–Kier alpha value is -1.94. The molecule has 0 spiro atoms. The number of amides is 1. The summed E-state index contributed by atoms with van der Waals surface area (Å²) in [5, 5.41) is 6.71. The first-order valence-electron chi connectivity index (χ1n) is 10.1. The summed E-state index contributed by atoms with van der Waals surface area (Å²) < 4.78 is 5.77. The normalized spacial score (nSPS) is 15.2. The highest BCUT2D eigenvalue weighted by Crippen LogP contribution is 2.31. The third-order valence-electron chi connectivity index (χ3n) is 5.03. The maximum Gasteiger partial charge on any atom is 0.241 e. The minimum Gasteiger partial charge on any atom is -0.493 e. The predicted octanol–water partition coefficient (Wildman–Crippen LogP) is 3.98. The second-order valence-corrected chi connectivity index (χ2v) is 8.34. The molecule has 168 valence electrons. The van der Waals surface area contributed by atoms with Gasteiger partial charge in [0.05, 0.1) is 25.7 Å². The third kappa shape index (κ3) is 7.03. The Kier molecular flexibility index (Phi) is 9.95. The molecule has 2 aromatic rings. The van der Waals surface area contributed by atoms with Crippen molar-refractivity contribution < 1.29 is 9.53 Å². The molecule has 0 bridgehead atoms. The zero-order valence-electron chi connectivity index (χ0n) is 18.5. The van der Waals surface area contributed by atoms with Gasteiger partial charge in [-0.25, -0.2) is 4.99 Å². The highest BCUT2D eigenvalue weighted by Gasteiger charge is 2.22. The summed E-state index contributed by atoms with van der Waals surface area (Å²) in [5.41, 5.74) is 3.51. The standard InChI is InChI=1S/C23H30N4O2S.HI/c1-16-9-10-17(21(13-16)30-4)14-24-23(25-15-22(28)27(2)3)26-19-11-12-29-20-8-6-5-7-18(19)20;/h5-10,13,19H,11-12,14-15H2,1-4H3,(H2,24,25,26);1H. The first-order valence-corrected chi connectivity index (χ1v) is 11.3. The number of halogens is 1. The maximum absolute atomic E-state index is 12.1. The Bertz CT molecular complexity index is 920. The summed E-state index contributed by atoms with van der Waals surface area (Å²) in [4.78, 5) is 19.7. The van der Waals surface area contributed by atoms with Gasteiger partial charge in [0.15, 0.2) is 5.96 Å². The van der Waals surface area contributed by atoms with Crippen LogP contribution in [0.3, 0.4) is 0 Å². The van der Waals surface area contributed by atoms with Gasteiger partial charge in [0.2, 0.25) is 5.91 Å². The van der Waals surface area contributed by atoms with Crippen LogP contribution in [0.25, 0.3) is 0 Å². The molecule has 8 heteroatoms. The van der Waals surface area contributed by atoms with Gasteiger partial charge in [-0.15, -0.1) is 35.7 Å². The molecule has 2 aromatic carbocycles. The number of hydrogen-bond acceptors (Lipinski definition) is 4. The van der Waals surface area contributed by atoms with Crippen LogP contribution in [0.15, 0.2) is 52.4 Å². The van der Waals surface area contributed by atoms with Gasteiger partial charge in [0.25, 0.3) is 0 Å². The molecule has 1 aliphatic rings. The van der Waals surface area contributed by atoms with Gasteiger partial charge in [-0.3, -0.25) is 4.79 Å². The number of aliphatic imine (C=N–C) groups is 1. The van der Waals surface area contributed by atoms with E-state index in [9.17, 15) is 4.79 Å². The quantitative estimate of drug-likeness (QED) is 0.245. The molecule has 6 nitrogen and oxygen atoms in total. The van der Waals surface area contributed by atoms with E-state index in [2.05, 4.69) is 48.1 Å². The molecule has 1 aliphatic heterocycles. The summed E-state index contributed by atoms with van der Waals surface area (Å²) >= 11 is 1.72. The second kappa shape index (κ2) is 12.2. The molecule has 0 aliphatic carbocycles. The zero-order chi connectivity index (χ0) is 21.5. The van der Waals surface area contributed by atoms with Crippen molar-refractivity contribution in [1.29, 1.82) is 0 Å². The van der Waals surface area contributed by atoms with Gasteiger partial charge >= 0.3 is 0 Å². The van der Waals surface area contributed by atoms with Crippen LogP contribution in [0.2, 0.25) is 0 Å². The number of likely N-dealkylation sites (N-methyl/N-ethyl adjacent to an activating group) is 1. The fourth-order valence-corrected chi connectivity index (χ4v) is 3.97. The average Bonchev–Trinajstić information content (AvgIpc) is 2.75. The van der Waals surface area contributed by atoms with Crippen molar-refractivity contribution in [2.75, 3.05) is 33.5 Å². The molecule has 0 fully saturated rings. The topological polar surface area (TPSA) is 66.0 Å². The summed E-state index contributed by atoms with van der Waals surface area (Å²) in [6.45, 7) is 3.46. The summed E-state index contributed by atoms with van der Waals surface area (Å²) in [5.74, 6) is 1.52. The van der Waals surface area contributed by atoms with E-state index in [0.717, 1.165) is 17.7 Å². The molecule has 0 saturated carbocycles. The van der Waals surface area contributed by atoms with Crippen molar-refractivity contribution in [3.8, 4) is 5.75 Å². The lowest BCUT2D eigenvalue weighted by atomic mass is 10.0. The average molecular weight is 554 g/mol. The van der Waals surface area contributed by atoms with E-state index in [-0.39, 0.29) is 42.5 Å². The number of para-hydroxylation sites is 1. The smallest absolute Gasteiger partial charge is 0.241 e. The van der Waals surface area contributed by atoms with Gasteiger partial charge < -0.3 is 20.3 Å². The minimum atomic E-state index is -0.00276. The van der Waals surface area contributed by atoms with E-state index in [1.807, 2.05) is 18.2 Å². The van der Waals surface area contributed by atoms with Crippen LogP contribution < -0.4 is 15.4 Å². The lowest BCUT2D eigenvalue weighted by molar-refractivity contribution is -0.127. The number of hydrogen-bond donors (Lipinski definition) is 2. The monoisotopic (exact) mass is 554 g/mol. The number of rotatable bonds is 6.